The second kappa shape index (κ2) is 4.35. The maximum Gasteiger partial charge on any atom is 0.0716 e. The van der Waals surface area contributed by atoms with E-state index in [4.69, 9.17) is 0 Å². The summed E-state index contributed by atoms with van der Waals surface area (Å²) in [7, 11) is 0. The Kier molecular flexibility index (Phi) is 2.48. The number of carbonyl (C=O) groups excluding carboxylic acids is 1. The number of rotatable bonds is 1. The quantitative estimate of drug-likeness (QED) is 0.685. The van der Waals surface area contributed by atoms with Crippen molar-refractivity contribution in [3.05, 3.63) is 65.7 Å². The summed E-state index contributed by atoms with van der Waals surface area (Å²) in [6.07, 6.45) is 4.21. The first-order valence-electron chi connectivity index (χ1n) is 6.84. The van der Waals surface area contributed by atoms with Crippen LogP contribution in [0.25, 0.3) is 28.2 Å². The lowest BCUT2D eigenvalue weighted by Gasteiger charge is -2.09. The van der Waals surface area contributed by atoms with Crippen LogP contribution in [0.1, 0.15) is 15.9 Å². The third-order valence-electron chi connectivity index (χ3n) is 3.96. The van der Waals surface area contributed by atoms with Crippen molar-refractivity contribution < 1.29 is 9.90 Å². The van der Waals surface area contributed by atoms with E-state index in [0.29, 0.717) is 0 Å². The summed E-state index contributed by atoms with van der Waals surface area (Å²) >= 11 is 0. The van der Waals surface area contributed by atoms with Crippen LogP contribution in [0.15, 0.2) is 54.6 Å². The SMILES string of the molecule is O=C([O-])c1ccc2cc3n(c2c1)CC=Cc1ccccc1-3. The molecule has 0 unspecified atom stereocenters. The standard InChI is InChI=1S/C18H13NO2/c20-18(21)14-8-7-13-10-17-15-6-2-1-4-12(15)5-3-9-19(17)16(13)11-14/h1-8,10-11H,9H2,(H,20,21)/p-1. The summed E-state index contributed by atoms with van der Waals surface area (Å²) in [5.41, 5.74) is 4.59. The minimum absolute atomic E-state index is 0.213. The molecule has 3 nitrogen and oxygen atoms in total. The van der Waals surface area contributed by atoms with Crippen LogP contribution in [-0.2, 0) is 6.54 Å². The molecule has 1 aromatic heterocycles. The van der Waals surface area contributed by atoms with Crippen LogP contribution in [-0.4, -0.2) is 10.5 Å². The minimum Gasteiger partial charge on any atom is -0.545 e. The smallest absolute Gasteiger partial charge is 0.0716 e. The normalized spacial score (nSPS) is 12.8. The number of allylic oxidation sites excluding steroid dienone is 1. The van der Waals surface area contributed by atoms with Gasteiger partial charge in [0, 0.05) is 28.7 Å². The van der Waals surface area contributed by atoms with Crippen molar-refractivity contribution in [1.82, 2.24) is 4.57 Å². The number of carbonyl (C=O) groups is 1. The van der Waals surface area contributed by atoms with Gasteiger partial charge in [0.2, 0.25) is 0 Å². The molecule has 0 radical (unpaired) electrons. The molecule has 0 bridgehead atoms. The first kappa shape index (κ1) is 12.0. The van der Waals surface area contributed by atoms with Gasteiger partial charge in [-0.15, -0.1) is 0 Å². The predicted octanol–water partition coefficient (Wildman–Crippen LogP) is 2.70. The van der Waals surface area contributed by atoms with Crippen molar-refractivity contribution >= 4 is 22.9 Å². The van der Waals surface area contributed by atoms with Crippen LogP contribution in [0.3, 0.4) is 0 Å². The van der Waals surface area contributed by atoms with Gasteiger partial charge in [-0.25, -0.2) is 0 Å². The molecule has 2 heterocycles. The molecule has 3 aromatic rings. The van der Waals surface area contributed by atoms with Crippen molar-refractivity contribution in [1.29, 1.82) is 0 Å². The van der Waals surface area contributed by atoms with Gasteiger partial charge in [0.15, 0.2) is 0 Å². The molecule has 21 heavy (non-hydrogen) atoms. The molecule has 1 aliphatic heterocycles. The van der Waals surface area contributed by atoms with Gasteiger partial charge in [-0.2, -0.15) is 0 Å². The van der Waals surface area contributed by atoms with E-state index in [0.717, 1.165) is 28.7 Å². The van der Waals surface area contributed by atoms with Crippen molar-refractivity contribution in [3.8, 4) is 11.3 Å². The molecule has 4 rings (SSSR count). The maximum atomic E-state index is 11.1. The minimum atomic E-state index is -1.14. The molecule has 0 saturated carbocycles. The fourth-order valence-corrected chi connectivity index (χ4v) is 2.96. The van der Waals surface area contributed by atoms with Crippen LogP contribution in [0.5, 0.6) is 0 Å². The number of benzene rings is 2. The van der Waals surface area contributed by atoms with Crippen LogP contribution < -0.4 is 5.11 Å². The van der Waals surface area contributed by atoms with Gasteiger partial charge < -0.3 is 14.5 Å². The Morgan fingerprint density at radius 1 is 1.10 bits per heavy atom. The molecule has 0 amide bonds. The number of hydrogen-bond donors (Lipinski definition) is 0. The van der Waals surface area contributed by atoms with E-state index in [1.54, 1.807) is 12.1 Å². The largest absolute Gasteiger partial charge is 0.545 e. The Bertz CT molecular complexity index is 903. The number of nitrogens with zero attached hydrogens (tertiary/aromatic N) is 1. The lowest BCUT2D eigenvalue weighted by Crippen LogP contribution is -2.22. The van der Waals surface area contributed by atoms with E-state index >= 15 is 0 Å². The van der Waals surface area contributed by atoms with E-state index in [1.165, 1.54) is 5.56 Å². The molecule has 3 heteroatoms. The highest BCUT2D eigenvalue weighted by molar-refractivity contribution is 5.95. The molecule has 0 spiro atoms. The number of carboxylic acid groups (broad SMARTS) is 1. The lowest BCUT2D eigenvalue weighted by molar-refractivity contribution is -0.255. The molecular weight excluding hydrogens is 262 g/mol. The second-order valence-electron chi connectivity index (χ2n) is 5.19. The number of hydrogen-bond acceptors (Lipinski definition) is 2. The molecule has 0 saturated heterocycles. The highest BCUT2D eigenvalue weighted by Gasteiger charge is 2.14. The second-order valence-corrected chi connectivity index (χ2v) is 5.19. The van der Waals surface area contributed by atoms with Gasteiger partial charge in [0.1, 0.15) is 0 Å². The number of aromatic nitrogens is 1. The third kappa shape index (κ3) is 1.78. The van der Waals surface area contributed by atoms with Crippen LogP contribution >= 0.6 is 0 Å². The van der Waals surface area contributed by atoms with Gasteiger partial charge in [-0.3, -0.25) is 0 Å². The average Bonchev–Trinajstić information content (AvgIpc) is 2.75. The van der Waals surface area contributed by atoms with E-state index in [2.05, 4.69) is 34.9 Å². The van der Waals surface area contributed by atoms with Crippen LogP contribution in [0.2, 0.25) is 0 Å². The zero-order chi connectivity index (χ0) is 14.4. The first-order chi connectivity index (χ1) is 10.2. The molecule has 102 valence electrons. The molecule has 0 fully saturated rings. The van der Waals surface area contributed by atoms with E-state index < -0.39 is 5.97 Å². The first-order valence-corrected chi connectivity index (χ1v) is 6.84. The number of fused-ring (bicyclic) bond motifs is 5. The monoisotopic (exact) mass is 274 g/mol. The summed E-state index contributed by atoms with van der Waals surface area (Å²) in [5, 5.41) is 12.1. The highest BCUT2D eigenvalue weighted by Crippen LogP contribution is 2.33. The Labute approximate surface area is 121 Å². The summed E-state index contributed by atoms with van der Waals surface area (Å²) in [6, 6.07) is 15.5. The fourth-order valence-electron chi connectivity index (χ4n) is 2.96. The summed E-state index contributed by atoms with van der Waals surface area (Å²) in [4.78, 5) is 11.1. The van der Waals surface area contributed by atoms with Crippen molar-refractivity contribution in [2.75, 3.05) is 0 Å². The van der Waals surface area contributed by atoms with Crippen molar-refractivity contribution in [2.24, 2.45) is 0 Å². The lowest BCUT2D eigenvalue weighted by atomic mass is 10.0. The van der Waals surface area contributed by atoms with Crippen LogP contribution in [0.4, 0.5) is 0 Å². The molecular formula is C18H12NO2-. The van der Waals surface area contributed by atoms with Gasteiger partial charge in [0.25, 0.3) is 0 Å². The summed E-state index contributed by atoms with van der Waals surface area (Å²) in [5.74, 6) is -1.14. The Balaban J connectivity index is 2.05. The maximum absolute atomic E-state index is 11.1. The molecule has 2 aromatic carbocycles. The Morgan fingerprint density at radius 3 is 2.81 bits per heavy atom. The average molecular weight is 274 g/mol. The van der Waals surface area contributed by atoms with Gasteiger partial charge in [0.05, 0.1) is 5.97 Å². The van der Waals surface area contributed by atoms with Gasteiger partial charge in [-0.1, -0.05) is 48.6 Å². The van der Waals surface area contributed by atoms with E-state index in [-0.39, 0.29) is 5.56 Å². The summed E-state index contributed by atoms with van der Waals surface area (Å²) in [6.45, 7) is 0.726. The Morgan fingerprint density at radius 2 is 1.95 bits per heavy atom. The number of aromatic carboxylic acids is 1. The van der Waals surface area contributed by atoms with E-state index in [1.807, 2.05) is 18.2 Å². The zero-order valence-electron chi connectivity index (χ0n) is 11.2. The van der Waals surface area contributed by atoms with Crippen LogP contribution in [0, 0.1) is 0 Å². The fraction of sp³-hybridized carbons (Fsp3) is 0.0556. The van der Waals surface area contributed by atoms with Crippen molar-refractivity contribution in [3.63, 3.8) is 0 Å². The molecule has 1 aliphatic rings. The molecule has 0 aliphatic carbocycles. The zero-order valence-corrected chi connectivity index (χ0v) is 11.2. The topological polar surface area (TPSA) is 45.1 Å². The molecule has 0 atom stereocenters. The predicted molar refractivity (Wildman–Crippen MR) is 80.7 cm³/mol. The van der Waals surface area contributed by atoms with Gasteiger partial charge >= 0.3 is 0 Å². The molecule has 0 N–H and O–H groups in total. The van der Waals surface area contributed by atoms with E-state index in [9.17, 15) is 9.90 Å². The van der Waals surface area contributed by atoms with Crippen molar-refractivity contribution in [2.45, 2.75) is 6.54 Å². The highest BCUT2D eigenvalue weighted by atomic mass is 16.4. The third-order valence-corrected chi connectivity index (χ3v) is 3.96. The summed E-state index contributed by atoms with van der Waals surface area (Å²) < 4.78 is 2.14. The Hall–Kier alpha value is -2.81. The number of carboxylic acids is 1. The van der Waals surface area contributed by atoms with Gasteiger partial charge in [-0.05, 0) is 23.3 Å².